The fourth-order valence-electron chi connectivity index (χ4n) is 3.73. The van der Waals surface area contributed by atoms with E-state index in [2.05, 4.69) is 31.0 Å². The molecule has 2 aromatic heterocycles. The van der Waals surface area contributed by atoms with E-state index >= 15 is 0 Å². The van der Waals surface area contributed by atoms with Crippen molar-refractivity contribution in [1.29, 1.82) is 0 Å². The number of nitrogens with zero attached hydrogens (tertiary/aromatic N) is 2. The van der Waals surface area contributed by atoms with Crippen molar-refractivity contribution in [2.24, 2.45) is 5.92 Å². The molecule has 0 bridgehead atoms. The van der Waals surface area contributed by atoms with Gasteiger partial charge in [-0.25, -0.2) is 4.98 Å². The maximum Gasteiger partial charge on any atom is 0.273 e. The molecule has 1 unspecified atom stereocenters. The number of H-pyrrole nitrogens is 1. The van der Waals surface area contributed by atoms with Crippen LogP contribution in [0.25, 0.3) is 11.0 Å². The first-order chi connectivity index (χ1) is 9.88. The average Bonchev–Trinajstić information content (AvgIpc) is 2.71. The third-order valence-corrected chi connectivity index (χ3v) is 5.07. The van der Waals surface area contributed by atoms with Crippen LogP contribution in [-0.2, 0) is 0 Å². The molecular formula is C16H25N4O+. The molecule has 4 atom stereocenters. The van der Waals surface area contributed by atoms with Crippen LogP contribution in [-0.4, -0.2) is 34.4 Å². The lowest BCUT2D eigenvalue weighted by Gasteiger charge is -2.37. The number of quaternary nitrogens is 1. The molecule has 5 nitrogen and oxygen atoms in total. The first-order valence-corrected chi connectivity index (χ1v) is 7.79. The van der Waals surface area contributed by atoms with E-state index in [1.54, 1.807) is 4.90 Å². The third-order valence-electron chi connectivity index (χ3n) is 5.07. The Morgan fingerprint density at radius 3 is 2.81 bits per heavy atom. The monoisotopic (exact) mass is 289 g/mol. The fraction of sp³-hybridized carbons (Fsp3) is 0.625. The third kappa shape index (κ3) is 2.29. The predicted octanol–water partition coefficient (Wildman–Crippen LogP) is 0.826. The van der Waals surface area contributed by atoms with Gasteiger partial charge in [-0.15, -0.1) is 0 Å². The van der Waals surface area contributed by atoms with Crippen molar-refractivity contribution in [3.05, 3.63) is 27.7 Å². The molecule has 2 aromatic rings. The number of rotatable bonds is 1. The van der Waals surface area contributed by atoms with Crippen LogP contribution in [0.3, 0.4) is 0 Å². The summed E-state index contributed by atoms with van der Waals surface area (Å²) in [4.78, 5) is 18.5. The molecule has 1 aliphatic rings. The zero-order valence-corrected chi connectivity index (χ0v) is 13.5. The fourth-order valence-corrected chi connectivity index (χ4v) is 3.73. The van der Waals surface area contributed by atoms with E-state index in [1.807, 2.05) is 24.6 Å². The maximum absolute atomic E-state index is 12.3. The number of hydrogen-bond acceptors (Lipinski definition) is 2. The second-order valence-electron chi connectivity index (χ2n) is 6.82. The van der Waals surface area contributed by atoms with Gasteiger partial charge in [0.05, 0.1) is 31.1 Å². The molecule has 3 heterocycles. The van der Waals surface area contributed by atoms with Crippen molar-refractivity contribution < 1.29 is 4.90 Å². The number of pyridine rings is 1. The minimum atomic E-state index is -0.0128. The lowest BCUT2D eigenvalue weighted by Crippen LogP contribution is -3.14. The summed E-state index contributed by atoms with van der Waals surface area (Å²) >= 11 is 0. The number of hydrogen-bond donors (Lipinski definition) is 2. The van der Waals surface area contributed by atoms with E-state index < -0.39 is 0 Å². The van der Waals surface area contributed by atoms with Crippen LogP contribution in [0.5, 0.6) is 0 Å². The molecule has 0 radical (unpaired) electrons. The maximum atomic E-state index is 12.3. The second-order valence-corrected chi connectivity index (χ2v) is 6.82. The molecule has 1 saturated heterocycles. The summed E-state index contributed by atoms with van der Waals surface area (Å²) in [5.74, 6) is 0.523. The van der Waals surface area contributed by atoms with Crippen molar-refractivity contribution in [3.63, 3.8) is 0 Å². The van der Waals surface area contributed by atoms with Crippen molar-refractivity contribution in [2.75, 3.05) is 13.6 Å². The van der Waals surface area contributed by atoms with Crippen LogP contribution in [0.15, 0.2) is 10.9 Å². The van der Waals surface area contributed by atoms with Crippen LogP contribution >= 0.6 is 0 Å². The molecular weight excluding hydrogens is 264 g/mol. The average molecular weight is 289 g/mol. The van der Waals surface area contributed by atoms with E-state index in [1.165, 1.54) is 0 Å². The molecule has 1 aliphatic heterocycles. The summed E-state index contributed by atoms with van der Waals surface area (Å²) in [6.07, 6.45) is 1.07. The summed E-state index contributed by atoms with van der Waals surface area (Å²) in [7, 11) is 2.25. The second kappa shape index (κ2) is 4.98. The first-order valence-electron chi connectivity index (χ1n) is 7.79. The molecule has 114 valence electrons. The highest BCUT2D eigenvalue weighted by atomic mass is 16.1. The van der Waals surface area contributed by atoms with E-state index in [-0.39, 0.29) is 5.56 Å². The standard InChI is InChI=1S/C16H24N4O/c1-9-6-11(3)17-15-14(9)16(21)18-20(15)13-7-12(4)19(5)8-10(13)2/h6,10,12-13H,7-8H2,1-5H3,(H,18,21)/p+1/t10-,12-,13+/m0/s1. The highest BCUT2D eigenvalue weighted by molar-refractivity contribution is 5.78. The lowest BCUT2D eigenvalue weighted by molar-refractivity contribution is -0.914. The Bertz CT molecular complexity index is 730. The number of likely N-dealkylation sites (tertiary alicyclic amines) is 1. The van der Waals surface area contributed by atoms with Gasteiger partial charge in [-0.3, -0.25) is 14.6 Å². The first kappa shape index (κ1) is 14.3. The number of aromatic amines is 1. The summed E-state index contributed by atoms with van der Waals surface area (Å²) in [6, 6.07) is 2.90. The largest absolute Gasteiger partial charge is 0.335 e. The van der Waals surface area contributed by atoms with Gasteiger partial charge in [-0.05, 0) is 32.4 Å². The molecule has 0 aliphatic carbocycles. The zero-order chi connectivity index (χ0) is 15.3. The number of piperidine rings is 1. The van der Waals surface area contributed by atoms with Crippen LogP contribution in [0, 0.1) is 19.8 Å². The number of fused-ring (bicyclic) bond motifs is 1. The van der Waals surface area contributed by atoms with E-state index in [4.69, 9.17) is 0 Å². The van der Waals surface area contributed by atoms with Crippen molar-refractivity contribution in [2.45, 2.75) is 46.2 Å². The number of aryl methyl sites for hydroxylation is 2. The van der Waals surface area contributed by atoms with Crippen molar-refractivity contribution in [1.82, 2.24) is 14.8 Å². The minimum Gasteiger partial charge on any atom is -0.335 e. The number of aromatic nitrogens is 3. The Labute approximate surface area is 125 Å². The van der Waals surface area contributed by atoms with Crippen LogP contribution < -0.4 is 10.5 Å². The van der Waals surface area contributed by atoms with Gasteiger partial charge < -0.3 is 4.90 Å². The molecule has 21 heavy (non-hydrogen) atoms. The molecule has 2 N–H and O–H groups in total. The summed E-state index contributed by atoms with van der Waals surface area (Å²) in [6.45, 7) is 9.65. The zero-order valence-electron chi connectivity index (χ0n) is 13.5. The molecule has 5 heteroatoms. The summed E-state index contributed by atoms with van der Waals surface area (Å²) in [5.41, 5.74) is 2.78. The SMILES string of the molecule is Cc1cc(C)c2c(=O)[nH]n([C@@H]3C[C@H](C)[NH+](C)C[C@@H]3C)c2n1. The van der Waals surface area contributed by atoms with Gasteiger partial charge in [-0.1, -0.05) is 6.92 Å². The highest BCUT2D eigenvalue weighted by Crippen LogP contribution is 2.27. The van der Waals surface area contributed by atoms with E-state index in [0.29, 0.717) is 18.0 Å². The smallest absolute Gasteiger partial charge is 0.273 e. The van der Waals surface area contributed by atoms with E-state index in [9.17, 15) is 4.79 Å². The highest BCUT2D eigenvalue weighted by Gasteiger charge is 2.34. The summed E-state index contributed by atoms with van der Waals surface area (Å²) in [5, 5.41) is 3.79. The Balaban J connectivity index is 2.15. The molecule has 0 amide bonds. The minimum absolute atomic E-state index is 0.0128. The number of nitrogens with one attached hydrogen (secondary N) is 2. The Hall–Kier alpha value is -1.62. The molecule has 3 rings (SSSR count). The van der Waals surface area contributed by atoms with Gasteiger partial charge in [-0.2, -0.15) is 0 Å². The molecule has 0 spiro atoms. The van der Waals surface area contributed by atoms with Gasteiger partial charge in [0.25, 0.3) is 5.56 Å². The molecule has 0 saturated carbocycles. The Morgan fingerprint density at radius 2 is 2.10 bits per heavy atom. The topological polar surface area (TPSA) is 55.1 Å². The van der Waals surface area contributed by atoms with Crippen LogP contribution in [0.1, 0.15) is 37.6 Å². The van der Waals surface area contributed by atoms with Gasteiger partial charge in [0, 0.05) is 18.0 Å². The quantitative estimate of drug-likeness (QED) is 0.817. The van der Waals surface area contributed by atoms with Crippen LogP contribution in [0.4, 0.5) is 0 Å². The van der Waals surface area contributed by atoms with Crippen molar-refractivity contribution >= 4 is 11.0 Å². The van der Waals surface area contributed by atoms with Crippen LogP contribution in [0.2, 0.25) is 0 Å². The van der Waals surface area contributed by atoms with Gasteiger partial charge in [0.2, 0.25) is 0 Å². The molecule has 0 aromatic carbocycles. The van der Waals surface area contributed by atoms with Crippen molar-refractivity contribution in [3.8, 4) is 0 Å². The van der Waals surface area contributed by atoms with Gasteiger partial charge >= 0.3 is 0 Å². The van der Waals surface area contributed by atoms with E-state index in [0.717, 1.165) is 35.3 Å². The Kier molecular flexibility index (Phi) is 3.40. The Morgan fingerprint density at radius 1 is 1.38 bits per heavy atom. The predicted molar refractivity (Wildman–Crippen MR) is 83.9 cm³/mol. The van der Waals surface area contributed by atoms with Gasteiger partial charge in [0.15, 0.2) is 5.65 Å². The van der Waals surface area contributed by atoms with Gasteiger partial charge in [0.1, 0.15) is 0 Å². The molecule has 1 fully saturated rings. The lowest BCUT2D eigenvalue weighted by atomic mass is 9.90. The normalized spacial score (nSPS) is 30.0. The summed E-state index contributed by atoms with van der Waals surface area (Å²) < 4.78 is 2.03.